The third-order valence-electron chi connectivity index (χ3n) is 7.13. The van der Waals surface area contributed by atoms with Crippen LogP contribution in [0.1, 0.15) is 11.1 Å². The third-order valence-corrected chi connectivity index (χ3v) is 8.19. The summed E-state index contributed by atoms with van der Waals surface area (Å²) in [4.78, 5) is 27.8. The molecule has 2 bridgehead atoms. The van der Waals surface area contributed by atoms with E-state index in [2.05, 4.69) is 31.9 Å². The molecule has 3 aromatic carbocycles. The molecule has 174 valence electrons. The van der Waals surface area contributed by atoms with E-state index < -0.39 is 41.0 Å². The molecule has 1 saturated heterocycles. The number of benzene rings is 3. The van der Waals surface area contributed by atoms with E-state index in [1.165, 1.54) is 6.07 Å². The first-order valence-electron chi connectivity index (χ1n) is 11.1. The minimum atomic E-state index is -0.923. The number of hydrogen-bond donors (Lipinski definition) is 0. The largest absolute Gasteiger partial charge is 0.274 e. The number of hydrogen-bond acceptors (Lipinski definition) is 2. The molecule has 4 unspecified atom stereocenters. The zero-order valence-electron chi connectivity index (χ0n) is 18.1. The van der Waals surface area contributed by atoms with Gasteiger partial charge in [-0.1, -0.05) is 74.3 Å². The van der Waals surface area contributed by atoms with Crippen molar-refractivity contribution in [3.05, 3.63) is 116 Å². The molecular weight excluding hydrogens is 580 g/mol. The van der Waals surface area contributed by atoms with Crippen LogP contribution < -0.4 is 4.90 Å². The number of carbonyl (C=O) groups is 2. The average molecular weight is 597 g/mol. The number of nitrogens with zero attached hydrogens (tertiary/aromatic N) is 1. The molecule has 4 atom stereocenters. The Morgan fingerprint density at radius 3 is 1.54 bits per heavy atom. The molecule has 6 rings (SSSR count). The Bertz CT molecular complexity index is 1350. The van der Waals surface area contributed by atoms with Crippen molar-refractivity contribution in [1.29, 1.82) is 0 Å². The summed E-state index contributed by atoms with van der Waals surface area (Å²) >= 11 is 6.97. The fourth-order valence-electron chi connectivity index (χ4n) is 5.75. The van der Waals surface area contributed by atoms with Gasteiger partial charge in [0.05, 0.1) is 11.8 Å². The summed E-state index contributed by atoms with van der Waals surface area (Å²) in [6.07, 6.45) is 3.93. The summed E-state index contributed by atoms with van der Waals surface area (Å²) < 4.78 is 30.9. The van der Waals surface area contributed by atoms with Crippen molar-refractivity contribution in [3.63, 3.8) is 0 Å². The van der Waals surface area contributed by atoms with Crippen molar-refractivity contribution in [2.24, 2.45) is 23.7 Å². The van der Waals surface area contributed by atoms with Crippen LogP contribution in [0.2, 0.25) is 0 Å². The van der Waals surface area contributed by atoms with Crippen LogP contribution in [0.25, 0.3) is 5.57 Å². The Labute approximate surface area is 217 Å². The maximum Gasteiger partial charge on any atom is 0.238 e. The van der Waals surface area contributed by atoms with Crippen molar-refractivity contribution in [1.82, 2.24) is 0 Å². The monoisotopic (exact) mass is 595 g/mol. The number of carbonyl (C=O) groups excluding carboxylic acids is 2. The molecule has 3 nitrogen and oxygen atoms in total. The van der Waals surface area contributed by atoms with Crippen molar-refractivity contribution in [2.75, 3.05) is 4.90 Å². The summed E-state index contributed by atoms with van der Waals surface area (Å²) in [5.74, 6) is -4.98. The number of rotatable bonds is 3. The Morgan fingerprint density at radius 1 is 0.686 bits per heavy atom. The molecule has 0 aromatic heterocycles. The molecule has 1 aliphatic heterocycles. The zero-order chi connectivity index (χ0) is 24.4. The number of allylic oxidation sites excluding steroid dienone is 3. The van der Waals surface area contributed by atoms with Crippen molar-refractivity contribution in [2.45, 2.75) is 0 Å². The highest BCUT2D eigenvalue weighted by atomic mass is 79.9. The molecule has 1 saturated carbocycles. The Balaban J connectivity index is 1.50. The topological polar surface area (TPSA) is 37.4 Å². The van der Waals surface area contributed by atoms with E-state index in [1.807, 2.05) is 60.7 Å². The molecule has 35 heavy (non-hydrogen) atoms. The lowest BCUT2D eigenvalue weighted by atomic mass is 9.85. The SMILES string of the molecule is O=C1C2C3C=CC(C3=C(c3ccc(Br)cc3)c3ccc(Br)cc3)C2C(=O)N1c1c(F)cccc1F. The number of amides is 2. The van der Waals surface area contributed by atoms with Crippen molar-refractivity contribution in [3.8, 4) is 0 Å². The van der Waals surface area contributed by atoms with E-state index in [1.54, 1.807) is 0 Å². The second kappa shape index (κ2) is 8.35. The molecule has 2 aliphatic carbocycles. The van der Waals surface area contributed by atoms with Crippen LogP contribution in [0.4, 0.5) is 14.5 Å². The van der Waals surface area contributed by atoms with Gasteiger partial charge in [-0.25, -0.2) is 13.7 Å². The summed E-state index contributed by atoms with van der Waals surface area (Å²) in [6, 6.07) is 19.2. The molecular formula is C28H17Br2F2NO2. The molecule has 1 heterocycles. The molecule has 0 spiro atoms. The van der Waals surface area contributed by atoms with E-state index in [0.29, 0.717) is 0 Å². The van der Waals surface area contributed by atoms with Gasteiger partial charge in [0.1, 0.15) is 17.3 Å². The van der Waals surface area contributed by atoms with Crippen LogP contribution in [0, 0.1) is 35.3 Å². The van der Waals surface area contributed by atoms with Crippen LogP contribution in [0.15, 0.2) is 93.4 Å². The maximum atomic E-state index is 14.5. The summed E-state index contributed by atoms with van der Waals surface area (Å²) in [6.45, 7) is 0. The fourth-order valence-corrected chi connectivity index (χ4v) is 6.28. The van der Waals surface area contributed by atoms with Gasteiger partial charge in [0.15, 0.2) is 0 Å². The van der Waals surface area contributed by atoms with Gasteiger partial charge in [-0.05, 0) is 58.7 Å². The van der Waals surface area contributed by atoms with Gasteiger partial charge in [0.2, 0.25) is 11.8 Å². The van der Waals surface area contributed by atoms with E-state index in [0.717, 1.165) is 48.3 Å². The molecule has 0 N–H and O–H groups in total. The van der Waals surface area contributed by atoms with Crippen LogP contribution in [-0.2, 0) is 9.59 Å². The van der Waals surface area contributed by atoms with Gasteiger partial charge in [-0.2, -0.15) is 0 Å². The van der Waals surface area contributed by atoms with Gasteiger partial charge in [0.25, 0.3) is 0 Å². The van der Waals surface area contributed by atoms with Gasteiger partial charge in [-0.15, -0.1) is 0 Å². The summed E-state index contributed by atoms with van der Waals surface area (Å²) in [7, 11) is 0. The quantitative estimate of drug-likeness (QED) is 0.243. The number of halogens is 4. The second-order valence-corrected chi connectivity index (χ2v) is 10.7. The molecule has 2 amide bonds. The standard InChI is InChI=1S/C28H17Br2F2NO2/c29-16-8-4-14(5-9-16)22(15-6-10-17(30)11-7-15)23-18-12-13-19(23)25-24(18)27(34)33(28(25)35)26-20(31)2-1-3-21(26)32/h1-13,18-19,24-25H. The van der Waals surface area contributed by atoms with Crippen LogP contribution in [-0.4, -0.2) is 11.8 Å². The normalized spacial score (nSPS) is 24.5. The first-order chi connectivity index (χ1) is 16.9. The van der Waals surface area contributed by atoms with Crippen LogP contribution in [0.3, 0.4) is 0 Å². The van der Waals surface area contributed by atoms with Crippen molar-refractivity contribution < 1.29 is 18.4 Å². The van der Waals surface area contributed by atoms with Crippen LogP contribution in [0.5, 0.6) is 0 Å². The van der Waals surface area contributed by atoms with Gasteiger partial charge >= 0.3 is 0 Å². The van der Waals surface area contributed by atoms with E-state index in [-0.39, 0.29) is 11.8 Å². The summed E-state index contributed by atoms with van der Waals surface area (Å²) in [5, 5.41) is 0. The minimum absolute atomic E-state index is 0.330. The van der Waals surface area contributed by atoms with Crippen LogP contribution >= 0.6 is 31.9 Å². The summed E-state index contributed by atoms with van der Waals surface area (Å²) in [5.41, 5.74) is 3.34. The average Bonchev–Trinajstić information content (AvgIpc) is 3.47. The molecule has 3 aliphatic rings. The van der Waals surface area contributed by atoms with E-state index >= 15 is 0 Å². The Hall–Kier alpha value is -2.90. The number of para-hydroxylation sites is 1. The smallest absolute Gasteiger partial charge is 0.238 e. The highest BCUT2D eigenvalue weighted by Crippen LogP contribution is 2.59. The van der Waals surface area contributed by atoms with E-state index in [9.17, 15) is 18.4 Å². The molecule has 0 radical (unpaired) electrons. The third kappa shape index (κ3) is 3.39. The zero-order valence-corrected chi connectivity index (χ0v) is 21.3. The fraction of sp³-hybridized carbons (Fsp3) is 0.143. The minimum Gasteiger partial charge on any atom is -0.274 e. The molecule has 3 aromatic rings. The lowest BCUT2D eigenvalue weighted by Gasteiger charge is -2.22. The number of imide groups is 1. The lowest BCUT2D eigenvalue weighted by molar-refractivity contribution is -0.123. The Morgan fingerprint density at radius 2 is 1.11 bits per heavy atom. The van der Waals surface area contributed by atoms with Gasteiger partial charge < -0.3 is 0 Å². The molecule has 7 heteroatoms. The van der Waals surface area contributed by atoms with Crippen molar-refractivity contribution >= 4 is 54.9 Å². The first kappa shape index (κ1) is 22.6. The molecule has 2 fully saturated rings. The number of anilines is 1. The van der Waals surface area contributed by atoms with Gasteiger partial charge in [0, 0.05) is 20.8 Å². The van der Waals surface area contributed by atoms with E-state index in [4.69, 9.17) is 0 Å². The first-order valence-corrected chi connectivity index (χ1v) is 12.7. The van der Waals surface area contributed by atoms with Gasteiger partial charge in [-0.3, -0.25) is 9.59 Å². The highest BCUT2D eigenvalue weighted by Gasteiger charge is 2.63. The second-order valence-electron chi connectivity index (χ2n) is 8.91. The number of fused-ring (bicyclic) bond motifs is 5. The maximum absolute atomic E-state index is 14.5. The predicted molar refractivity (Wildman–Crippen MR) is 136 cm³/mol. The highest BCUT2D eigenvalue weighted by molar-refractivity contribution is 9.10. The predicted octanol–water partition coefficient (Wildman–Crippen LogP) is 6.91. The Kier molecular flexibility index (Phi) is 5.38. The lowest BCUT2D eigenvalue weighted by Crippen LogP contribution is -2.34.